The quantitative estimate of drug-likeness (QED) is 0.0649. The first-order chi connectivity index (χ1) is 19.3. The van der Waals surface area contributed by atoms with E-state index in [9.17, 15) is 19.2 Å². The number of carbonyl (C=O) groups is 4. The van der Waals surface area contributed by atoms with Crippen molar-refractivity contribution in [3.8, 4) is 0 Å². The molecule has 230 valence electrons. The van der Waals surface area contributed by atoms with Gasteiger partial charge in [0, 0.05) is 10.8 Å². The predicted molar refractivity (Wildman–Crippen MR) is 168 cm³/mol. The summed E-state index contributed by atoms with van der Waals surface area (Å²) in [6.07, 6.45) is 21.6. The molecule has 0 aliphatic heterocycles. The van der Waals surface area contributed by atoms with E-state index in [-0.39, 0.29) is 29.2 Å². The normalized spacial score (nSPS) is 19.2. The smallest absolute Gasteiger partial charge is 0.312 e. The van der Waals surface area contributed by atoms with Gasteiger partial charge in [0.05, 0.1) is 38.1 Å². The Kier molecular flexibility index (Phi) is 21.9. The topological polar surface area (TPSA) is 96.0 Å². The van der Waals surface area contributed by atoms with E-state index >= 15 is 0 Å². The molecule has 40 heavy (non-hydrogen) atoms. The van der Waals surface area contributed by atoms with Crippen LogP contribution >= 0.6 is 22.6 Å². The standard InChI is InChI=1S/C11H18O2.C10H16O3.C8H14O2.C3H5I/c1-3-7-11(10(12)13-2)8-5-4-6-9-11;1-13-9(12)10(7-8-11)5-3-2-4-6-10;1-10-8(9)7-5-3-2-4-6-7;1-2-3-4/h3H,1,4-9H2,2H3;8H,2-7H2,1H3;7H,2-6H2,1H3;2H,1,3H2. The van der Waals surface area contributed by atoms with Crippen molar-refractivity contribution in [2.45, 2.75) is 109 Å². The van der Waals surface area contributed by atoms with E-state index in [2.05, 4.69) is 40.5 Å². The van der Waals surface area contributed by atoms with Gasteiger partial charge in [-0.3, -0.25) is 14.4 Å². The predicted octanol–water partition coefficient (Wildman–Crippen LogP) is 7.73. The number of hydrogen-bond acceptors (Lipinski definition) is 7. The monoisotopic (exact) mass is 676 g/mol. The van der Waals surface area contributed by atoms with Gasteiger partial charge in [-0.05, 0) is 44.9 Å². The van der Waals surface area contributed by atoms with Crippen LogP contribution in [0.2, 0.25) is 0 Å². The Bertz CT molecular complexity index is 702. The highest BCUT2D eigenvalue weighted by Crippen LogP contribution is 2.41. The number of halogens is 1. The zero-order valence-electron chi connectivity index (χ0n) is 25.2. The van der Waals surface area contributed by atoms with Crippen LogP contribution in [0.3, 0.4) is 0 Å². The molecule has 7 nitrogen and oxygen atoms in total. The van der Waals surface area contributed by atoms with Crippen LogP contribution in [0.15, 0.2) is 25.3 Å². The van der Waals surface area contributed by atoms with E-state index in [1.165, 1.54) is 47.0 Å². The Balaban J connectivity index is 0.000000538. The summed E-state index contributed by atoms with van der Waals surface area (Å²) in [5.74, 6) is -0.0650. The Morgan fingerprint density at radius 2 is 1.10 bits per heavy atom. The van der Waals surface area contributed by atoms with E-state index < -0.39 is 5.41 Å². The zero-order valence-corrected chi connectivity index (χ0v) is 27.3. The van der Waals surface area contributed by atoms with E-state index in [0.717, 1.165) is 87.8 Å². The van der Waals surface area contributed by atoms with Crippen LogP contribution in [0.5, 0.6) is 0 Å². The zero-order chi connectivity index (χ0) is 30.3. The molecule has 3 aliphatic carbocycles. The number of methoxy groups -OCH3 is 3. The van der Waals surface area contributed by atoms with Crippen molar-refractivity contribution >= 4 is 46.8 Å². The molecule has 3 fully saturated rings. The van der Waals surface area contributed by atoms with Gasteiger partial charge in [-0.2, -0.15) is 0 Å². The van der Waals surface area contributed by atoms with Crippen molar-refractivity contribution in [3.05, 3.63) is 25.3 Å². The first kappa shape index (κ1) is 38.3. The van der Waals surface area contributed by atoms with Crippen LogP contribution in [0.25, 0.3) is 0 Å². The Morgan fingerprint density at radius 1 is 0.700 bits per heavy atom. The molecule has 0 atom stereocenters. The molecule has 0 saturated heterocycles. The highest BCUT2D eigenvalue weighted by molar-refractivity contribution is 14.1. The molecule has 3 rings (SSSR count). The number of alkyl halides is 1. The van der Waals surface area contributed by atoms with Gasteiger partial charge in [0.1, 0.15) is 6.29 Å². The lowest BCUT2D eigenvalue weighted by atomic mass is 9.72. The van der Waals surface area contributed by atoms with Gasteiger partial charge in [0.25, 0.3) is 0 Å². The number of carbonyl (C=O) groups excluding carboxylic acids is 4. The summed E-state index contributed by atoms with van der Waals surface area (Å²) in [6.45, 7) is 7.18. The van der Waals surface area contributed by atoms with Crippen LogP contribution in [0, 0.1) is 16.7 Å². The second kappa shape index (κ2) is 22.9. The van der Waals surface area contributed by atoms with E-state index in [1.807, 2.05) is 12.2 Å². The number of ether oxygens (including phenoxy) is 3. The van der Waals surface area contributed by atoms with Crippen LogP contribution in [-0.4, -0.2) is 50.0 Å². The maximum atomic E-state index is 11.6. The van der Waals surface area contributed by atoms with Crippen molar-refractivity contribution in [3.63, 3.8) is 0 Å². The fourth-order valence-electron chi connectivity index (χ4n) is 5.81. The maximum Gasteiger partial charge on any atom is 0.312 e. The fraction of sp³-hybridized carbons (Fsp3) is 0.750. The lowest BCUT2D eigenvalue weighted by molar-refractivity contribution is -0.156. The number of aldehydes is 1. The Morgan fingerprint density at radius 3 is 1.43 bits per heavy atom. The van der Waals surface area contributed by atoms with Gasteiger partial charge in [-0.15, -0.1) is 13.2 Å². The van der Waals surface area contributed by atoms with Crippen LogP contribution in [-0.2, 0) is 33.4 Å². The van der Waals surface area contributed by atoms with Gasteiger partial charge in [0.2, 0.25) is 0 Å². The van der Waals surface area contributed by atoms with E-state index in [4.69, 9.17) is 9.47 Å². The number of allylic oxidation sites excluding steroid dienone is 2. The summed E-state index contributed by atoms with van der Waals surface area (Å²) in [7, 11) is 4.34. The van der Waals surface area contributed by atoms with Gasteiger partial charge in [-0.1, -0.05) is 92.5 Å². The Labute approximate surface area is 256 Å². The lowest BCUT2D eigenvalue weighted by Gasteiger charge is -2.33. The molecular weight excluding hydrogens is 623 g/mol. The molecule has 0 aromatic rings. The molecule has 0 aromatic carbocycles. The van der Waals surface area contributed by atoms with Gasteiger partial charge in [-0.25, -0.2) is 0 Å². The highest BCUT2D eigenvalue weighted by atomic mass is 127. The number of hydrogen-bond donors (Lipinski definition) is 0. The number of rotatable bonds is 8. The molecule has 8 heteroatoms. The fourth-order valence-corrected chi connectivity index (χ4v) is 5.81. The molecule has 0 unspecified atom stereocenters. The molecule has 3 aliphatic rings. The third kappa shape index (κ3) is 13.8. The minimum Gasteiger partial charge on any atom is -0.469 e. The maximum absolute atomic E-state index is 11.6. The average molecular weight is 677 g/mol. The average Bonchev–Trinajstić information content (AvgIpc) is 3.02. The van der Waals surface area contributed by atoms with Crippen LogP contribution in [0.1, 0.15) is 109 Å². The third-order valence-electron chi connectivity index (χ3n) is 8.12. The third-order valence-corrected chi connectivity index (χ3v) is 8.74. The van der Waals surface area contributed by atoms with Crippen LogP contribution in [0.4, 0.5) is 0 Å². The molecule has 0 bridgehead atoms. The lowest BCUT2D eigenvalue weighted by Crippen LogP contribution is -2.34. The summed E-state index contributed by atoms with van der Waals surface area (Å²) in [5.41, 5.74) is -0.733. The van der Waals surface area contributed by atoms with Crippen molar-refractivity contribution in [2.75, 3.05) is 25.8 Å². The molecule has 0 radical (unpaired) electrons. The van der Waals surface area contributed by atoms with Gasteiger partial charge in [0.15, 0.2) is 0 Å². The molecule has 0 aromatic heterocycles. The van der Waals surface area contributed by atoms with E-state index in [0.29, 0.717) is 6.42 Å². The summed E-state index contributed by atoms with van der Waals surface area (Å²) in [5, 5.41) is 0. The van der Waals surface area contributed by atoms with Crippen LogP contribution < -0.4 is 0 Å². The molecule has 0 amide bonds. The molecular formula is C32H53IO7. The second-order valence-corrected chi connectivity index (χ2v) is 11.7. The first-order valence-corrected chi connectivity index (χ1v) is 16.2. The minimum atomic E-state index is -0.491. The summed E-state index contributed by atoms with van der Waals surface area (Å²) < 4.78 is 15.3. The van der Waals surface area contributed by atoms with E-state index in [1.54, 1.807) is 0 Å². The summed E-state index contributed by atoms with van der Waals surface area (Å²) in [6, 6.07) is 0. The Hall–Kier alpha value is -1.71. The van der Waals surface area contributed by atoms with Crippen molar-refractivity contribution in [1.82, 2.24) is 0 Å². The molecule has 0 N–H and O–H groups in total. The summed E-state index contributed by atoms with van der Waals surface area (Å²) in [4.78, 5) is 44.5. The van der Waals surface area contributed by atoms with Crippen molar-refractivity contribution < 1.29 is 33.4 Å². The SMILES string of the molecule is C=CCC1(C(=O)OC)CCCCC1.C=CCI.COC(=O)C1(CC=O)CCCCC1.COC(=O)C1CCCCC1. The van der Waals surface area contributed by atoms with Gasteiger partial charge >= 0.3 is 17.9 Å². The minimum absolute atomic E-state index is 0.0142. The first-order valence-electron chi connectivity index (χ1n) is 14.7. The second-order valence-electron chi connectivity index (χ2n) is 10.8. The molecule has 0 heterocycles. The molecule has 3 saturated carbocycles. The largest absolute Gasteiger partial charge is 0.469 e. The van der Waals surface area contributed by atoms with Crippen molar-refractivity contribution in [2.24, 2.45) is 16.7 Å². The van der Waals surface area contributed by atoms with Gasteiger partial charge < -0.3 is 19.0 Å². The number of esters is 3. The molecule has 0 spiro atoms. The summed E-state index contributed by atoms with van der Waals surface area (Å²) >= 11 is 2.23. The van der Waals surface area contributed by atoms with Crippen molar-refractivity contribution in [1.29, 1.82) is 0 Å². The highest BCUT2D eigenvalue weighted by Gasteiger charge is 2.40.